The van der Waals surface area contributed by atoms with Crippen LogP contribution in [-0.2, 0) is 0 Å². The largest absolute Gasteiger partial charge is 0.436 e. The van der Waals surface area contributed by atoms with Gasteiger partial charge in [-0.25, -0.2) is 9.37 Å². The van der Waals surface area contributed by atoms with Crippen molar-refractivity contribution in [3.05, 3.63) is 83.7 Å². The second kappa shape index (κ2) is 7.81. The lowest BCUT2D eigenvalue weighted by molar-refractivity contribution is 0.0974. The Morgan fingerprint density at radius 2 is 1.83 bits per heavy atom. The molecule has 4 rings (SSSR count). The second-order valence-corrected chi connectivity index (χ2v) is 6.86. The van der Waals surface area contributed by atoms with Crippen LogP contribution in [0.4, 0.5) is 10.1 Å². The summed E-state index contributed by atoms with van der Waals surface area (Å²) in [7, 11) is 0. The summed E-state index contributed by atoms with van der Waals surface area (Å²) >= 11 is 5.16. The molecule has 1 amide bonds. The minimum absolute atomic E-state index is 0.0554. The Morgan fingerprint density at radius 3 is 2.59 bits per heavy atom. The maximum Gasteiger partial charge on any atom is 0.260 e. The van der Waals surface area contributed by atoms with Crippen molar-refractivity contribution in [2.45, 2.75) is 6.92 Å². The summed E-state index contributed by atoms with van der Waals surface area (Å²) in [5, 5.41) is 5.43. The van der Waals surface area contributed by atoms with Gasteiger partial charge in [-0.1, -0.05) is 29.8 Å². The van der Waals surface area contributed by atoms with Gasteiger partial charge >= 0.3 is 0 Å². The third-order valence-corrected chi connectivity index (χ3v) is 4.49. The monoisotopic (exact) mass is 405 g/mol. The topological polar surface area (TPSA) is 67.2 Å². The molecule has 3 aromatic carbocycles. The molecule has 0 atom stereocenters. The molecule has 7 heteroatoms. The van der Waals surface area contributed by atoms with Crippen LogP contribution < -0.4 is 10.6 Å². The quantitative estimate of drug-likeness (QED) is 0.466. The molecule has 0 aliphatic rings. The van der Waals surface area contributed by atoms with Crippen LogP contribution in [0.5, 0.6) is 0 Å². The fraction of sp³-hybridized carbons (Fsp3) is 0.0455. The average molecular weight is 405 g/mol. The Bertz CT molecular complexity index is 1220. The van der Waals surface area contributed by atoms with Crippen molar-refractivity contribution in [2.24, 2.45) is 0 Å². The van der Waals surface area contributed by atoms with E-state index in [0.717, 1.165) is 11.1 Å². The molecule has 0 unspecified atom stereocenters. The molecule has 0 fully saturated rings. The van der Waals surface area contributed by atoms with Gasteiger partial charge < -0.3 is 9.73 Å². The maximum absolute atomic E-state index is 13.7. The van der Waals surface area contributed by atoms with Gasteiger partial charge in [0.25, 0.3) is 5.91 Å². The van der Waals surface area contributed by atoms with Crippen molar-refractivity contribution in [1.29, 1.82) is 0 Å². The lowest BCUT2D eigenvalue weighted by atomic mass is 10.1. The number of anilines is 1. The molecule has 0 spiro atoms. The molecule has 0 radical (unpaired) electrons. The first kappa shape index (κ1) is 18.8. The Morgan fingerprint density at radius 1 is 1.07 bits per heavy atom. The number of nitrogens with zero attached hydrogens (tertiary/aromatic N) is 1. The molecule has 4 aromatic rings. The fourth-order valence-electron chi connectivity index (χ4n) is 2.80. The lowest BCUT2D eigenvalue weighted by Gasteiger charge is -2.09. The highest BCUT2D eigenvalue weighted by Gasteiger charge is 2.13. The molecule has 0 bridgehead atoms. The summed E-state index contributed by atoms with van der Waals surface area (Å²) in [4.78, 5) is 16.7. The number of nitrogens with one attached hydrogen (secondary N) is 2. The minimum atomic E-state index is -0.621. The number of oxazole rings is 1. The highest BCUT2D eigenvalue weighted by molar-refractivity contribution is 7.80. The Labute approximate surface area is 171 Å². The van der Waals surface area contributed by atoms with Gasteiger partial charge in [0, 0.05) is 11.3 Å². The van der Waals surface area contributed by atoms with E-state index in [1.807, 2.05) is 31.2 Å². The summed E-state index contributed by atoms with van der Waals surface area (Å²) in [6.07, 6.45) is 0. The highest BCUT2D eigenvalue weighted by Crippen LogP contribution is 2.26. The molecule has 29 heavy (non-hydrogen) atoms. The van der Waals surface area contributed by atoms with E-state index in [9.17, 15) is 9.18 Å². The SMILES string of the molecule is Cc1ccc(-c2nc3cc(NC(=S)NC(=O)c4ccccc4F)ccc3o2)cc1. The van der Waals surface area contributed by atoms with Crippen LogP contribution in [0.1, 0.15) is 15.9 Å². The number of hydrogen-bond acceptors (Lipinski definition) is 4. The van der Waals surface area contributed by atoms with E-state index in [2.05, 4.69) is 15.6 Å². The summed E-state index contributed by atoms with van der Waals surface area (Å²) < 4.78 is 19.5. The molecular formula is C22H16FN3O2S. The standard InChI is InChI=1S/C22H16FN3O2S/c1-13-6-8-14(9-7-13)21-25-18-12-15(10-11-19(18)28-21)24-22(29)26-20(27)16-4-2-3-5-17(16)23/h2-12H,1H3,(H2,24,26,27,29). The van der Waals surface area contributed by atoms with Crippen molar-refractivity contribution < 1.29 is 13.6 Å². The maximum atomic E-state index is 13.7. The average Bonchev–Trinajstić information content (AvgIpc) is 3.12. The van der Waals surface area contributed by atoms with E-state index in [1.165, 1.54) is 18.2 Å². The van der Waals surface area contributed by atoms with Crippen molar-refractivity contribution in [2.75, 3.05) is 5.32 Å². The lowest BCUT2D eigenvalue weighted by Crippen LogP contribution is -2.34. The van der Waals surface area contributed by atoms with Crippen molar-refractivity contribution in [3.63, 3.8) is 0 Å². The van der Waals surface area contributed by atoms with Crippen LogP contribution in [0, 0.1) is 12.7 Å². The van der Waals surface area contributed by atoms with Gasteiger partial charge in [0.05, 0.1) is 5.56 Å². The molecule has 0 saturated heterocycles. The second-order valence-electron chi connectivity index (χ2n) is 6.46. The van der Waals surface area contributed by atoms with E-state index in [1.54, 1.807) is 24.3 Å². The Kier molecular flexibility index (Phi) is 5.05. The molecule has 0 aliphatic heterocycles. The Hall–Kier alpha value is -3.58. The molecule has 0 aliphatic carbocycles. The predicted molar refractivity (Wildman–Crippen MR) is 114 cm³/mol. The zero-order valence-electron chi connectivity index (χ0n) is 15.4. The van der Waals surface area contributed by atoms with Gasteiger partial charge in [0.1, 0.15) is 11.3 Å². The number of aromatic nitrogens is 1. The normalized spacial score (nSPS) is 10.7. The number of benzene rings is 3. The van der Waals surface area contributed by atoms with E-state index < -0.39 is 11.7 Å². The van der Waals surface area contributed by atoms with Gasteiger partial charge in [0.15, 0.2) is 10.7 Å². The molecule has 1 heterocycles. The van der Waals surface area contributed by atoms with Crippen molar-refractivity contribution in [3.8, 4) is 11.5 Å². The molecule has 2 N–H and O–H groups in total. The van der Waals surface area contributed by atoms with E-state index in [-0.39, 0.29) is 10.7 Å². The highest BCUT2D eigenvalue weighted by atomic mass is 32.1. The van der Waals surface area contributed by atoms with Gasteiger partial charge in [0.2, 0.25) is 5.89 Å². The number of thiocarbonyl (C=S) groups is 1. The molecule has 144 valence electrons. The van der Waals surface area contributed by atoms with E-state index in [4.69, 9.17) is 16.6 Å². The first-order valence-electron chi connectivity index (χ1n) is 8.84. The molecular weight excluding hydrogens is 389 g/mol. The Balaban J connectivity index is 1.49. The van der Waals surface area contributed by atoms with E-state index >= 15 is 0 Å². The van der Waals surface area contributed by atoms with Crippen molar-refractivity contribution >= 4 is 40.0 Å². The third kappa shape index (κ3) is 4.14. The van der Waals surface area contributed by atoms with Gasteiger partial charge in [-0.2, -0.15) is 0 Å². The van der Waals surface area contributed by atoms with Crippen LogP contribution >= 0.6 is 12.2 Å². The predicted octanol–water partition coefficient (Wildman–Crippen LogP) is 5.07. The summed E-state index contributed by atoms with van der Waals surface area (Å²) in [5.74, 6) is -0.710. The van der Waals surface area contributed by atoms with E-state index in [0.29, 0.717) is 22.7 Å². The number of amides is 1. The molecule has 1 aromatic heterocycles. The first-order valence-corrected chi connectivity index (χ1v) is 9.25. The third-order valence-electron chi connectivity index (χ3n) is 4.29. The molecule has 0 saturated carbocycles. The number of fused-ring (bicyclic) bond motifs is 1. The van der Waals surface area contributed by atoms with Crippen LogP contribution in [0.2, 0.25) is 0 Å². The number of carbonyl (C=O) groups is 1. The van der Waals surface area contributed by atoms with Crippen molar-refractivity contribution in [1.82, 2.24) is 10.3 Å². The number of halogens is 1. The summed E-state index contributed by atoms with van der Waals surface area (Å²) in [5.41, 5.74) is 3.86. The fourth-order valence-corrected chi connectivity index (χ4v) is 3.01. The number of rotatable bonds is 3. The van der Waals surface area contributed by atoms with Crippen LogP contribution in [0.25, 0.3) is 22.6 Å². The zero-order chi connectivity index (χ0) is 20.4. The molecule has 5 nitrogen and oxygen atoms in total. The van der Waals surface area contributed by atoms with Crippen LogP contribution in [0.15, 0.2) is 71.1 Å². The summed E-state index contributed by atoms with van der Waals surface area (Å²) in [6, 6.07) is 18.9. The van der Waals surface area contributed by atoms with Gasteiger partial charge in [-0.3, -0.25) is 10.1 Å². The van der Waals surface area contributed by atoms with Crippen LogP contribution in [0.3, 0.4) is 0 Å². The zero-order valence-corrected chi connectivity index (χ0v) is 16.2. The minimum Gasteiger partial charge on any atom is -0.436 e. The van der Waals surface area contributed by atoms with Gasteiger partial charge in [-0.15, -0.1) is 0 Å². The number of hydrogen-bond donors (Lipinski definition) is 2. The summed E-state index contributed by atoms with van der Waals surface area (Å²) in [6.45, 7) is 2.02. The van der Waals surface area contributed by atoms with Gasteiger partial charge in [-0.05, 0) is 61.6 Å². The number of aryl methyl sites for hydroxylation is 1. The number of carbonyl (C=O) groups excluding carboxylic acids is 1. The van der Waals surface area contributed by atoms with Crippen LogP contribution in [-0.4, -0.2) is 16.0 Å². The first-order chi connectivity index (χ1) is 14.0. The smallest absolute Gasteiger partial charge is 0.260 e.